The largest absolute Gasteiger partial charge is 0.481 e. The highest BCUT2D eigenvalue weighted by Gasteiger charge is 2.36. The molecule has 104 valence electrons. The molecular weight excluding hydrogens is 268 g/mol. The van der Waals surface area contributed by atoms with E-state index in [1.54, 1.807) is 18.2 Å². The summed E-state index contributed by atoms with van der Waals surface area (Å²) in [6, 6.07) is 7.66. The van der Waals surface area contributed by atoms with Gasteiger partial charge in [-0.15, -0.1) is 0 Å². The van der Waals surface area contributed by atoms with Crippen molar-refractivity contribution in [3.05, 3.63) is 41.8 Å². The molecule has 19 heavy (non-hydrogen) atoms. The van der Waals surface area contributed by atoms with E-state index in [0.29, 0.717) is 0 Å². The van der Waals surface area contributed by atoms with Crippen LogP contribution in [-0.2, 0) is 14.6 Å². The normalized spacial score (nSPS) is 17.0. The molecule has 0 aliphatic carbocycles. The number of aliphatic hydroxyl groups is 1. The molecular formula is C13H16O5S. The van der Waals surface area contributed by atoms with Gasteiger partial charge in [0.1, 0.15) is 5.41 Å². The molecule has 1 aromatic rings. The molecule has 0 heterocycles. The molecule has 0 aliphatic rings. The quantitative estimate of drug-likeness (QED) is 0.853. The molecule has 6 heteroatoms. The second-order valence-corrected chi connectivity index (χ2v) is 6.26. The maximum Gasteiger partial charge on any atom is 0.315 e. The Labute approximate surface area is 112 Å². The van der Waals surface area contributed by atoms with Gasteiger partial charge in [0.2, 0.25) is 0 Å². The second kappa shape index (κ2) is 5.54. The third kappa shape index (κ3) is 3.42. The lowest BCUT2D eigenvalue weighted by atomic mass is 9.85. The predicted octanol–water partition coefficient (Wildman–Crippen LogP) is 1.45. The summed E-state index contributed by atoms with van der Waals surface area (Å²) in [7, 11) is -3.72. The van der Waals surface area contributed by atoms with Crippen LogP contribution in [0.15, 0.2) is 46.7 Å². The lowest BCUT2D eigenvalue weighted by molar-refractivity contribution is -0.150. The van der Waals surface area contributed by atoms with Crippen LogP contribution in [0.1, 0.15) is 13.8 Å². The molecule has 1 rings (SSSR count). The Morgan fingerprint density at radius 3 is 2.26 bits per heavy atom. The molecule has 0 unspecified atom stereocenters. The van der Waals surface area contributed by atoms with Crippen molar-refractivity contribution in [2.24, 2.45) is 5.41 Å². The first-order valence-electron chi connectivity index (χ1n) is 5.61. The molecule has 5 nitrogen and oxygen atoms in total. The second-order valence-electron chi connectivity index (χ2n) is 4.42. The van der Waals surface area contributed by atoms with Crippen molar-refractivity contribution in [3.63, 3.8) is 0 Å². The summed E-state index contributed by atoms with van der Waals surface area (Å²) in [5.74, 6) is -1.29. The third-order valence-electron chi connectivity index (χ3n) is 2.99. The minimum atomic E-state index is -3.72. The standard InChI is InChI=1S/C13H16O5S/c1-10(14)13(2,12(15)16)8-9-19(17,18)11-6-4-3-5-7-11/h3-10,14H,1-2H3,(H,15,16)/b9-8+/t10-,13-/m0/s1. The zero-order valence-corrected chi connectivity index (χ0v) is 11.5. The van der Waals surface area contributed by atoms with Gasteiger partial charge in [0.15, 0.2) is 9.84 Å². The van der Waals surface area contributed by atoms with Crippen molar-refractivity contribution in [1.29, 1.82) is 0 Å². The van der Waals surface area contributed by atoms with E-state index in [1.807, 2.05) is 0 Å². The van der Waals surface area contributed by atoms with E-state index in [0.717, 1.165) is 11.5 Å². The van der Waals surface area contributed by atoms with Gasteiger partial charge in [-0.25, -0.2) is 8.42 Å². The van der Waals surface area contributed by atoms with Crippen molar-refractivity contribution in [2.75, 3.05) is 0 Å². The van der Waals surface area contributed by atoms with Gasteiger partial charge >= 0.3 is 5.97 Å². The number of sulfone groups is 1. The molecule has 0 spiro atoms. The Bertz CT molecular complexity index is 574. The van der Waals surface area contributed by atoms with Gasteiger partial charge in [0.05, 0.1) is 11.0 Å². The summed E-state index contributed by atoms with van der Waals surface area (Å²) in [6.45, 7) is 2.56. The number of carbonyl (C=O) groups is 1. The van der Waals surface area contributed by atoms with Crippen LogP contribution in [0.3, 0.4) is 0 Å². The Hall–Kier alpha value is -1.66. The number of rotatable bonds is 5. The highest BCUT2D eigenvalue weighted by Crippen LogP contribution is 2.25. The van der Waals surface area contributed by atoms with E-state index < -0.39 is 27.3 Å². The number of aliphatic carboxylic acids is 1. The molecule has 0 aliphatic heterocycles. The summed E-state index contributed by atoms with van der Waals surface area (Å²) >= 11 is 0. The van der Waals surface area contributed by atoms with E-state index in [4.69, 9.17) is 5.11 Å². The molecule has 2 atom stereocenters. The minimum Gasteiger partial charge on any atom is -0.481 e. The zero-order valence-electron chi connectivity index (χ0n) is 10.6. The Kier molecular flexibility index (Phi) is 4.49. The van der Waals surface area contributed by atoms with Gasteiger partial charge in [0.25, 0.3) is 0 Å². The molecule has 0 aromatic heterocycles. The first kappa shape index (κ1) is 15.4. The maximum atomic E-state index is 12.0. The van der Waals surface area contributed by atoms with Crippen molar-refractivity contribution in [1.82, 2.24) is 0 Å². The highest BCUT2D eigenvalue weighted by atomic mass is 32.2. The number of carboxylic acid groups (broad SMARTS) is 1. The first-order valence-corrected chi connectivity index (χ1v) is 7.15. The van der Waals surface area contributed by atoms with Gasteiger partial charge < -0.3 is 10.2 Å². The molecule has 0 radical (unpaired) electrons. The number of hydrogen-bond acceptors (Lipinski definition) is 4. The van der Waals surface area contributed by atoms with Crippen LogP contribution >= 0.6 is 0 Å². The van der Waals surface area contributed by atoms with E-state index in [1.165, 1.54) is 26.0 Å². The van der Waals surface area contributed by atoms with Crippen molar-refractivity contribution < 1.29 is 23.4 Å². The molecule has 2 N–H and O–H groups in total. The summed E-state index contributed by atoms with van der Waals surface area (Å²) in [5, 5.41) is 19.4. The lowest BCUT2D eigenvalue weighted by Gasteiger charge is -2.23. The summed E-state index contributed by atoms with van der Waals surface area (Å²) in [5.41, 5.74) is -1.65. The van der Waals surface area contributed by atoms with Gasteiger partial charge in [0, 0.05) is 5.41 Å². The van der Waals surface area contributed by atoms with Crippen LogP contribution in [0.5, 0.6) is 0 Å². The predicted molar refractivity (Wildman–Crippen MR) is 70.2 cm³/mol. The fourth-order valence-electron chi connectivity index (χ4n) is 1.31. The fraction of sp³-hybridized carbons (Fsp3) is 0.308. The van der Waals surface area contributed by atoms with Gasteiger partial charge in [-0.3, -0.25) is 4.79 Å². The average molecular weight is 284 g/mol. The average Bonchev–Trinajstić information content (AvgIpc) is 2.36. The molecule has 0 amide bonds. The number of benzene rings is 1. The number of carboxylic acids is 1. The van der Waals surface area contributed by atoms with E-state index in [2.05, 4.69) is 0 Å². The van der Waals surface area contributed by atoms with E-state index >= 15 is 0 Å². The van der Waals surface area contributed by atoms with Crippen molar-refractivity contribution >= 4 is 15.8 Å². The Balaban J connectivity index is 3.14. The summed E-state index contributed by atoms with van der Waals surface area (Å²) < 4.78 is 23.9. The zero-order chi connectivity index (χ0) is 14.7. The minimum absolute atomic E-state index is 0.0737. The molecule has 0 saturated heterocycles. The van der Waals surface area contributed by atoms with Crippen LogP contribution in [-0.4, -0.2) is 30.7 Å². The molecule has 0 fully saturated rings. The summed E-state index contributed by atoms with van der Waals surface area (Å²) in [4.78, 5) is 11.2. The molecule has 0 bridgehead atoms. The maximum absolute atomic E-state index is 12.0. The van der Waals surface area contributed by atoms with Crippen LogP contribution in [0.25, 0.3) is 0 Å². The van der Waals surface area contributed by atoms with Crippen molar-refractivity contribution in [2.45, 2.75) is 24.8 Å². The van der Waals surface area contributed by atoms with Crippen LogP contribution in [0, 0.1) is 5.41 Å². The van der Waals surface area contributed by atoms with Crippen LogP contribution in [0.4, 0.5) is 0 Å². The number of aliphatic hydroxyl groups excluding tert-OH is 1. The molecule has 0 saturated carbocycles. The van der Waals surface area contributed by atoms with E-state index in [-0.39, 0.29) is 4.90 Å². The van der Waals surface area contributed by atoms with Crippen LogP contribution in [0.2, 0.25) is 0 Å². The molecule has 1 aromatic carbocycles. The highest BCUT2D eigenvalue weighted by molar-refractivity contribution is 7.94. The smallest absolute Gasteiger partial charge is 0.315 e. The van der Waals surface area contributed by atoms with E-state index in [9.17, 15) is 18.3 Å². The van der Waals surface area contributed by atoms with Crippen LogP contribution < -0.4 is 0 Å². The summed E-state index contributed by atoms with van der Waals surface area (Å²) in [6.07, 6.45) is -0.213. The first-order chi connectivity index (χ1) is 8.70. The van der Waals surface area contributed by atoms with Crippen molar-refractivity contribution in [3.8, 4) is 0 Å². The Morgan fingerprint density at radius 2 is 1.84 bits per heavy atom. The lowest BCUT2D eigenvalue weighted by Crippen LogP contribution is -2.36. The SMILES string of the molecule is C[C@H](O)[C@](C)(/C=C/S(=O)(=O)c1ccccc1)C(=O)O. The topological polar surface area (TPSA) is 91.7 Å². The van der Waals surface area contributed by atoms with Gasteiger partial charge in [-0.2, -0.15) is 0 Å². The third-order valence-corrected chi connectivity index (χ3v) is 4.42. The fourth-order valence-corrected chi connectivity index (χ4v) is 2.46. The Morgan fingerprint density at radius 1 is 1.32 bits per heavy atom. The van der Waals surface area contributed by atoms with Gasteiger partial charge in [-0.1, -0.05) is 24.3 Å². The van der Waals surface area contributed by atoms with Gasteiger partial charge in [-0.05, 0) is 26.0 Å². The number of hydrogen-bond donors (Lipinski definition) is 2. The monoisotopic (exact) mass is 284 g/mol.